The summed E-state index contributed by atoms with van der Waals surface area (Å²) in [6.45, 7) is 4.06. The van der Waals surface area contributed by atoms with Crippen molar-refractivity contribution in [2.75, 3.05) is 32.1 Å². The van der Waals surface area contributed by atoms with Crippen molar-refractivity contribution in [2.24, 2.45) is 0 Å². The maximum absolute atomic E-state index is 13.6. The Hall–Kier alpha value is -2.68. The third-order valence-corrected chi connectivity index (χ3v) is 5.32. The molecule has 0 aromatic carbocycles. The molecule has 1 aliphatic rings. The van der Waals surface area contributed by atoms with Gasteiger partial charge in [-0.1, -0.05) is 5.16 Å². The Morgan fingerprint density at radius 1 is 1.28 bits per heavy atom. The van der Waals surface area contributed by atoms with E-state index in [2.05, 4.69) is 25.0 Å². The molecule has 7 nitrogen and oxygen atoms in total. The number of likely N-dealkylation sites (tertiary alicyclic amines) is 1. The average Bonchev–Trinajstić information content (AvgIpc) is 3.09. The van der Waals surface area contributed by atoms with Gasteiger partial charge in [-0.2, -0.15) is 0 Å². The van der Waals surface area contributed by atoms with E-state index in [1.165, 1.54) is 6.07 Å². The van der Waals surface area contributed by atoms with Gasteiger partial charge in [0.1, 0.15) is 0 Å². The third kappa shape index (κ3) is 4.05. The van der Waals surface area contributed by atoms with Crippen LogP contribution in [0, 0.1) is 6.92 Å². The van der Waals surface area contributed by atoms with Gasteiger partial charge in [-0.05, 0) is 32.4 Å². The van der Waals surface area contributed by atoms with E-state index in [1.807, 2.05) is 31.4 Å². The molecule has 0 saturated carbocycles. The largest absolute Gasteiger partial charge is 0.347 e. The van der Waals surface area contributed by atoms with Crippen molar-refractivity contribution in [2.45, 2.75) is 38.7 Å². The van der Waals surface area contributed by atoms with Crippen LogP contribution in [0.2, 0.25) is 0 Å². The summed E-state index contributed by atoms with van der Waals surface area (Å²) < 4.78 is 32.5. The van der Waals surface area contributed by atoms with Crippen molar-refractivity contribution in [3.8, 4) is 0 Å². The summed E-state index contributed by atoms with van der Waals surface area (Å²) in [5.41, 5.74) is 2.26. The highest BCUT2D eigenvalue weighted by molar-refractivity contribution is 5.80. The van der Waals surface area contributed by atoms with E-state index >= 15 is 0 Å². The van der Waals surface area contributed by atoms with Gasteiger partial charge < -0.3 is 9.42 Å². The molecule has 1 atom stereocenters. The minimum Gasteiger partial charge on any atom is -0.347 e. The normalized spacial score (nSPS) is 17.9. The molecule has 4 rings (SSSR count). The fourth-order valence-electron chi connectivity index (χ4n) is 3.89. The number of hydrogen-bond donors (Lipinski definition) is 0. The molecule has 0 unspecified atom stereocenters. The van der Waals surface area contributed by atoms with Crippen LogP contribution < -0.4 is 4.90 Å². The number of alkyl halides is 2. The average molecular weight is 402 g/mol. The molecule has 3 aromatic heterocycles. The summed E-state index contributed by atoms with van der Waals surface area (Å²) in [5, 5.41) is 4.14. The van der Waals surface area contributed by atoms with E-state index in [1.54, 1.807) is 6.92 Å². The molecule has 154 valence electrons. The summed E-state index contributed by atoms with van der Waals surface area (Å²) in [7, 11) is 3.80. The predicted molar refractivity (Wildman–Crippen MR) is 105 cm³/mol. The second-order valence-corrected chi connectivity index (χ2v) is 7.75. The Morgan fingerprint density at radius 3 is 2.72 bits per heavy atom. The van der Waals surface area contributed by atoms with Gasteiger partial charge in [-0.3, -0.25) is 4.90 Å². The van der Waals surface area contributed by atoms with Crippen LogP contribution in [0.4, 0.5) is 14.7 Å². The molecule has 4 heterocycles. The minimum atomic E-state index is -2.59. The van der Waals surface area contributed by atoms with Crippen LogP contribution >= 0.6 is 0 Å². The molecule has 0 spiro atoms. The van der Waals surface area contributed by atoms with Crippen molar-refractivity contribution >= 4 is 17.0 Å². The number of halogens is 2. The number of piperidine rings is 1. The van der Waals surface area contributed by atoms with Crippen molar-refractivity contribution in [1.82, 2.24) is 25.0 Å². The summed E-state index contributed by atoms with van der Waals surface area (Å²) in [4.78, 5) is 17.4. The summed E-state index contributed by atoms with van der Waals surface area (Å²) in [6.07, 6.45) is 2.95. The second kappa shape index (κ2) is 7.98. The molecular weight excluding hydrogens is 378 g/mol. The quantitative estimate of drug-likeness (QED) is 0.644. The Bertz CT molecular complexity index is 989. The number of pyridine rings is 1. The number of fused-ring (bicyclic) bond motifs is 1. The van der Waals surface area contributed by atoms with E-state index in [4.69, 9.17) is 4.52 Å². The highest BCUT2D eigenvalue weighted by Gasteiger charge is 2.26. The zero-order valence-corrected chi connectivity index (χ0v) is 16.8. The fourth-order valence-corrected chi connectivity index (χ4v) is 3.89. The second-order valence-electron chi connectivity index (χ2n) is 7.75. The van der Waals surface area contributed by atoms with Gasteiger partial charge in [-0.15, -0.1) is 0 Å². The summed E-state index contributed by atoms with van der Waals surface area (Å²) in [5.74, 6) is 0.739. The number of anilines is 1. The van der Waals surface area contributed by atoms with Gasteiger partial charge >= 0.3 is 0 Å². The van der Waals surface area contributed by atoms with Crippen LogP contribution in [0.3, 0.4) is 0 Å². The zero-order chi connectivity index (χ0) is 20.5. The van der Waals surface area contributed by atoms with Gasteiger partial charge in [0.15, 0.2) is 0 Å². The van der Waals surface area contributed by atoms with Gasteiger partial charge in [0.05, 0.1) is 11.1 Å². The van der Waals surface area contributed by atoms with Gasteiger partial charge in [-0.25, -0.2) is 23.7 Å². The molecule has 0 radical (unpaired) electrons. The first kappa shape index (κ1) is 19.6. The smallest absolute Gasteiger partial charge is 0.264 e. The number of hydrogen-bond acceptors (Lipinski definition) is 7. The number of rotatable bonds is 5. The standard InChI is InChI=1S/C20H24F2N6O/c1-12-17-15(18(21)22)7-16(25-19(17)29-26-12)14-5-4-6-28(11-14)10-13-8-23-20(24-9-13)27(2)3/h7-9,14,18H,4-6,10-11H2,1-3H3/t14-/m0/s1. The SMILES string of the molecule is Cc1noc2nc([C@H]3CCCN(Cc4cnc(N(C)C)nc4)C3)cc(C(F)F)c12. The molecule has 0 aliphatic carbocycles. The Labute approximate surface area is 167 Å². The predicted octanol–water partition coefficient (Wildman–Crippen LogP) is 3.70. The van der Waals surface area contributed by atoms with Crippen LogP contribution in [0.15, 0.2) is 23.0 Å². The van der Waals surface area contributed by atoms with E-state index in [0.717, 1.165) is 38.0 Å². The molecule has 0 bridgehead atoms. The topological polar surface area (TPSA) is 71.2 Å². The molecule has 1 fully saturated rings. The molecule has 0 N–H and O–H groups in total. The lowest BCUT2D eigenvalue weighted by molar-refractivity contribution is 0.152. The molecule has 0 amide bonds. The lowest BCUT2D eigenvalue weighted by atomic mass is 9.92. The van der Waals surface area contributed by atoms with Crippen LogP contribution in [-0.4, -0.2) is 52.2 Å². The van der Waals surface area contributed by atoms with Crippen molar-refractivity contribution in [3.05, 3.63) is 41.0 Å². The first-order chi connectivity index (χ1) is 13.9. The maximum Gasteiger partial charge on any atom is 0.264 e. The molecule has 1 aliphatic heterocycles. The van der Waals surface area contributed by atoms with Crippen molar-refractivity contribution in [3.63, 3.8) is 0 Å². The maximum atomic E-state index is 13.6. The monoisotopic (exact) mass is 402 g/mol. The highest BCUT2D eigenvalue weighted by Crippen LogP contribution is 2.34. The summed E-state index contributed by atoms with van der Waals surface area (Å²) >= 11 is 0. The minimum absolute atomic E-state index is 0.0476. The number of nitrogens with zero attached hydrogens (tertiary/aromatic N) is 6. The van der Waals surface area contributed by atoms with Crippen molar-refractivity contribution in [1.29, 1.82) is 0 Å². The Kier molecular flexibility index (Phi) is 5.40. The van der Waals surface area contributed by atoms with Crippen LogP contribution in [0.25, 0.3) is 11.1 Å². The van der Waals surface area contributed by atoms with Gasteiger partial charge in [0.2, 0.25) is 5.95 Å². The first-order valence-electron chi connectivity index (χ1n) is 9.68. The van der Waals surface area contributed by atoms with E-state index in [9.17, 15) is 8.78 Å². The fraction of sp³-hybridized carbons (Fsp3) is 0.500. The van der Waals surface area contributed by atoms with Crippen LogP contribution in [0.5, 0.6) is 0 Å². The molecular formula is C20H24F2N6O. The molecule has 1 saturated heterocycles. The Morgan fingerprint density at radius 2 is 2.03 bits per heavy atom. The molecule has 3 aromatic rings. The van der Waals surface area contributed by atoms with Gasteiger partial charge in [0.25, 0.3) is 12.1 Å². The number of aromatic nitrogens is 4. The number of aryl methyl sites for hydroxylation is 1. The lowest BCUT2D eigenvalue weighted by Crippen LogP contribution is -2.34. The zero-order valence-electron chi connectivity index (χ0n) is 16.8. The highest BCUT2D eigenvalue weighted by atomic mass is 19.3. The van der Waals surface area contributed by atoms with Crippen LogP contribution in [0.1, 0.15) is 47.7 Å². The van der Waals surface area contributed by atoms with Crippen LogP contribution in [-0.2, 0) is 6.54 Å². The third-order valence-electron chi connectivity index (χ3n) is 5.32. The van der Waals surface area contributed by atoms with E-state index < -0.39 is 6.43 Å². The summed E-state index contributed by atoms with van der Waals surface area (Å²) in [6, 6.07) is 1.53. The molecule has 29 heavy (non-hydrogen) atoms. The Balaban J connectivity index is 1.54. The van der Waals surface area contributed by atoms with E-state index in [-0.39, 0.29) is 17.2 Å². The lowest BCUT2D eigenvalue weighted by Gasteiger charge is -2.32. The van der Waals surface area contributed by atoms with Gasteiger partial charge in [0, 0.05) is 62.3 Å². The molecule has 9 heteroatoms. The van der Waals surface area contributed by atoms with Crippen molar-refractivity contribution < 1.29 is 13.3 Å². The first-order valence-corrected chi connectivity index (χ1v) is 9.68. The van der Waals surface area contributed by atoms with E-state index in [0.29, 0.717) is 22.7 Å².